The summed E-state index contributed by atoms with van der Waals surface area (Å²) in [7, 11) is 0. The number of aromatic nitrogens is 2. The summed E-state index contributed by atoms with van der Waals surface area (Å²) in [5.74, 6) is 0.593. The monoisotopic (exact) mass is 946 g/mol. The fourth-order valence-corrected chi connectivity index (χ4v) is 7.80. The number of anilines is 4. The van der Waals surface area contributed by atoms with Crippen molar-refractivity contribution in [3.05, 3.63) is 176 Å². The minimum absolute atomic E-state index is 0. The third-order valence-corrected chi connectivity index (χ3v) is 10.6. The molecule has 0 radical (unpaired) electrons. The van der Waals surface area contributed by atoms with Gasteiger partial charge in [-0.05, 0) is 76.5 Å². The Morgan fingerprint density at radius 3 is 2.31 bits per heavy atom. The largest absolute Gasteiger partial charge is 0.509 e. The molecule has 0 N–H and O–H groups in total. The summed E-state index contributed by atoms with van der Waals surface area (Å²) in [4.78, 5) is 8.50. The summed E-state index contributed by atoms with van der Waals surface area (Å²) in [5, 5.41) is 2.05. The fraction of sp³-hybridized carbons (Fsp3) is 0.192. The standard InChI is InChI=1S/C52H45N4O.Pt/c1-52(2,3)38-30-31-53-50(32-38)56-46-25-11-10-22-44(46)45-29-28-41(34-49(45)56)57-40-21-14-20-39(33-40)54-35-55(48-27-13-12-26-47(48)54)51-42(36-16-6-4-7-17-36)23-15-24-43(51)37-18-8-5-9-19-37;/h4,6-7,10-17,20-32,35,37H,5,8-9,18-19H2,1-3H3;/q-3;/i4D,5D,6D,7D,8D,9D,16D,17D,18D,19D;. The summed E-state index contributed by atoms with van der Waals surface area (Å²) in [6.07, 6.45) is -4.53. The van der Waals surface area contributed by atoms with E-state index in [9.17, 15) is 2.74 Å². The minimum atomic E-state index is -1.28. The topological polar surface area (TPSA) is 33.5 Å². The van der Waals surface area contributed by atoms with Gasteiger partial charge >= 0.3 is 0 Å². The molecule has 4 atom stereocenters. The first-order valence-electron chi connectivity index (χ1n) is 24.4. The van der Waals surface area contributed by atoms with E-state index in [1.807, 2.05) is 82.7 Å². The van der Waals surface area contributed by atoms with E-state index in [4.69, 9.17) is 20.7 Å². The molecule has 1 aliphatic carbocycles. The van der Waals surface area contributed by atoms with Crippen molar-refractivity contribution in [2.24, 2.45) is 0 Å². The van der Waals surface area contributed by atoms with E-state index in [1.165, 1.54) is 0 Å². The Balaban J connectivity index is 0.00000578. The molecule has 4 unspecified atom stereocenters. The number of ether oxygens (including phenoxy) is 1. The maximum atomic E-state index is 9.21. The van der Waals surface area contributed by atoms with Crippen LogP contribution in [0.5, 0.6) is 11.5 Å². The molecule has 292 valence electrons. The van der Waals surface area contributed by atoms with Gasteiger partial charge in [0.2, 0.25) is 0 Å². The first kappa shape index (κ1) is 27.9. The third kappa shape index (κ3) is 6.90. The number of nitrogens with zero attached hydrogens (tertiary/aromatic N) is 4. The van der Waals surface area contributed by atoms with Crippen LogP contribution in [0.2, 0.25) is 0 Å². The van der Waals surface area contributed by atoms with Gasteiger partial charge in [0.1, 0.15) is 5.82 Å². The van der Waals surface area contributed by atoms with Gasteiger partial charge in [-0.3, -0.25) is 0 Å². The average molecular weight is 947 g/mol. The Bertz CT molecular complexity index is 3210. The predicted molar refractivity (Wildman–Crippen MR) is 234 cm³/mol. The molecule has 1 saturated carbocycles. The molecule has 5 nitrogen and oxygen atoms in total. The molecule has 2 aromatic heterocycles. The molecule has 0 spiro atoms. The number of rotatable bonds is 7. The molecule has 1 fully saturated rings. The molecule has 2 aliphatic rings. The number of hydrogen-bond acceptors (Lipinski definition) is 4. The minimum Gasteiger partial charge on any atom is -0.509 e. The van der Waals surface area contributed by atoms with E-state index in [1.54, 1.807) is 30.9 Å². The molecule has 8 aromatic rings. The quantitative estimate of drug-likeness (QED) is 0.149. The Kier molecular flexibility index (Phi) is 7.51. The van der Waals surface area contributed by atoms with Crippen molar-refractivity contribution in [1.29, 1.82) is 0 Å². The Labute approximate surface area is 370 Å². The third-order valence-electron chi connectivity index (χ3n) is 10.6. The van der Waals surface area contributed by atoms with Crippen molar-refractivity contribution in [3.8, 4) is 28.4 Å². The van der Waals surface area contributed by atoms with Crippen LogP contribution in [0.25, 0.3) is 38.8 Å². The summed E-state index contributed by atoms with van der Waals surface area (Å²) in [5.41, 5.74) is 5.68. The van der Waals surface area contributed by atoms with Crippen LogP contribution in [0.15, 0.2) is 146 Å². The van der Waals surface area contributed by atoms with E-state index in [-0.39, 0.29) is 37.6 Å². The molecule has 0 saturated heterocycles. The van der Waals surface area contributed by atoms with Crippen molar-refractivity contribution >= 4 is 44.6 Å². The second kappa shape index (κ2) is 15.6. The second-order valence-electron chi connectivity index (χ2n) is 15.2. The van der Waals surface area contributed by atoms with Crippen LogP contribution in [-0.2, 0) is 26.5 Å². The Morgan fingerprint density at radius 2 is 1.50 bits per heavy atom. The van der Waals surface area contributed by atoms with Crippen LogP contribution >= 0.6 is 0 Å². The smallest absolute Gasteiger partial charge is 0.135 e. The summed E-state index contributed by atoms with van der Waals surface area (Å²) in [6, 6.07) is 38.9. The number of para-hydroxylation sites is 4. The van der Waals surface area contributed by atoms with Gasteiger partial charge < -0.3 is 19.1 Å². The van der Waals surface area contributed by atoms with Crippen LogP contribution < -0.4 is 14.5 Å². The summed E-state index contributed by atoms with van der Waals surface area (Å²) < 4.78 is 96.6. The normalized spacial score (nSPS) is 24.2. The molecule has 58 heavy (non-hydrogen) atoms. The van der Waals surface area contributed by atoms with Crippen molar-refractivity contribution < 1.29 is 39.5 Å². The van der Waals surface area contributed by atoms with Gasteiger partial charge in [-0.25, -0.2) is 4.98 Å². The first-order valence-corrected chi connectivity index (χ1v) is 19.0. The van der Waals surface area contributed by atoms with Crippen LogP contribution in [0.1, 0.15) is 83.5 Å². The van der Waals surface area contributed by atoms with E-state index >= 15 is 0 Å². The van der Waals surface area contributed by atoms with Crippen molar-refractivity contribution in [3.63, 3.8) is 0 Å². The van der Waals surface area contributed by atoms with Gasteiger partial charge in [-0.1, -0.05) is 124 Å². The zero-order valence-corrected chi connectivity index (χ0v) is 34.3. The zero-order chi connectivity index (χ0) is 47.2. The van der Waals surface area contributed by atoms with Crippen molar-refractivity contribution in [2.45, 2.75) is 64.1 Å². The zero-order valence-electron chi connectivity index (χ0n) is 42.0. The van der Waals surface area contributed by atoms with E-state index in [0.717, 1.165) is 33.2 Å². The molecular weight excluding hydrogens is 892 g/mol. The molecule has 0 amide bonds. The molecule has 1 aliphatic heterocycles. The predicted octanol–water partition coefficient (Wildman–Crippen LogP) is 14.0. The molecule has 6 heteroatoms. The maximum absolute atomic E-state index is 9.21. The molecule has 10 rings (SSSR count). The molecule has 0 bridgehead atoms. The van der Waals surface area contributed by atoms with Gasteiger partial charge in [0.15, 0.2) is 0 Å². The second-order valence-corrected chi connectivity index (χ2v) is 15.2. The van der Waals surface area contributed by atoms with Gasteiger partial charge in [-0.2, -0.15) is 12.1 Å². The van der Waals surface area contributed by atoms with Gasteiger partial charge in [-0.15, -0.1) is 48.1 Å². The first-order chi connectivity index (χ1) is 32.0. The van der Waals surface area contributed by atoms with E-state index in [0.29, 0.717) is 39.8 Å². The van der Waals surface area contributed by atoms with Crippen LogP contribution in [0.3, 0.4) is 0 Å². The maximum Gasteiger partial charge on any atom is 0.135 e. The van der Waals surface area contributed by atoms with E-state index < -0.39 is 68.1 Å². The fourth-order valence-electron chi connectivity index (χ4n) is 7.80. The van der Waals surface area contributed by atoms with Crippen LogP contribution in [-0.4, -0.2) is 9.55 Å². The average Bonchev–Trinajstić information content (AvgIpc) is 3.87. The number of pyridine rings is 1. The Morgan fingerprint density at radius 1 is 0.759 bits per heavy atom. The summed E-state index contributed by atoms with van der Waals surface area (Å²) >= 11 is 0. The Hall–Kier alpha value is -5.64. The molecule has 6 aromatic carbocycles. The van der Waals surface area contributed by atoms with Gasteiger partial charge in [0.05, 0.1) is 6.85 Å². The van der Waals surface area contributed by atoms with E-state index in [2.05, 4.69) is 55.7 Å². The SMILES string of the molecule is [2H]c1c([2H])c([2H])c(-c2cccc(C3C([2H])C([2H])C([2H])C([2H])C3[2H])c2N2[CH-]N(c3[c-]c(Oc4[c-]c5c(cc4)c4ccccc4n5-c4cc(C(C)(C)C)ccn4)ccc3)c3ccccc32)c([2H])c1[2H].[Pt]. The summed E-state index contributed by atoms with van der Waals surface area (Å²) in [6.45, 7) is 8.31. The van der Waals surface area contributed by atoms with Crippen LogP contribution in [0, 0.1) is 18.8 Å². The number of hydrogen-bond donors (Lipinski definition) is 0. The van der Waals surface area contributed by atoms with Crippen LogP contribution in [0.4, 0.5) is 22.7 Å². The van der Waals surface area contributed by atoms with Crippen molar-refractivity contribution in [1.82, 2.24) is 9.55 Å². The van der Waals surface area contributed by atoms with Crippen molar-refractivity contribution in [2.75, 3.05) is 9.80 Å². The van der Waals surface area contributed by atoms with Gasteiger partial charge in [0, 0.05) is 73.8 Å². The molecule has 3 heterocycles. The van der Waals surface area contributed by atoms with Gasteiger partial charge in [0.25, 0.3) is 0 Å². The molecular formula is C52H45N4OPt-3. The number of fused-ring (bicyclic) bond motifs is 4. The number of benzene rings is 6.